The van der Waals surface area contributed by atoms with E-state index in [9.17, 15) is 14.9 Å². The summed E-state index contributed by atoms with van der Waals surface area (Å²) < 4.78 is 1.64. The zero-order chi connectivity index (χ0) is 14.4. The molecule has 0 atom stereocenters. The van der Waals surface area contributed by atoms with Crippen LogP contribution in [-0.4, -0.2) is 40.4 Å². The molecule has 1 heterocycles. The first-order valence-corrected chi connectivity index (χ1v) is 6.31. The maximum absolute atomic E-state index is 12.2. The van der Waals surface area contributed by atoms with Crippen LogP contribution in [0.1, 0.15) is 30.3 Å². The van der Waals surface area contributed by atoms with Crippen LogP contribution in [0.2, 0.25) is 0 Å². The molecular weight excluding hydrogens is 248 g/mol. The van der Waals surface area contributed by atoms with Gasteiger partial charge in [0.25, 0.3) is 11.6 Å². The third-order valence-corrected chi connectivity index (χ3v) is 2.82. The average Bonchev–Trinajstić information content (AvgIpc) is 2.79. The predicted molar refractivity (Wildman–Crippen MR) is 72.0 cm³/mol. The topological polar surface area (TPSA) is 94.4 Å². The van der Waals surface area contributed by atoms with E-state index in [0.29, 0.717) is 31.7 Å². The Hall–Kier alpha value is -1.89. The maximum Gasteiger partial charge on any atom is 0.287 e. The van der Waals surface area contributed by atoms with Crippen LogP contribution in [0.5, 0.6) is 0 Å². The summed E-state index contributed by atoms with van der Waals surface area (Å²) in [5, 5.41) is 10.8. The lowest BCUT2D eigenvalue weighted by molar-refractivity contribution is -0.384. The molecule has 7 nitrogen and oxygen atoms in total. The van der Waals surface area contributed by atoms with Gasteiger partial charge in [0.15, 0.2) is 0 Å². The second-order valence-corrected chi connectivity index (χ2v) is 4.40. The van der Waals surface area contributed by atoms with Gasteiger partial charge in [0.2, 0.25) is 0 Å². The molecule has 0 aliphatic heterocycles. The summed E-state index contributed by atoms with van der Waals surface area (Å²) in [5.74, 6) is -0.213. The Bertz CT molecular complexity index is 456. The highest BCUT2D eigenvalue weighted by molar-refractivity contribution is 5.93. The van der Waals surface area contributed by atoms with Gasteiger partial charge in [0.1, 0.15) is 5.69 Å². The van der Waals surface area contributed by atoms with Crippen molar-refractivity contribution >= 4 is 11.6 Å². The van der Waals surface area contributed by atoms with Crippen molar-refractivity contribution in [2.75, 3.05) is 20.1 Å². The first-order valence-electron chi connectivity index (χ1n) is 6.31. The molecule has 0 unspecified atom stereocenters. The number of hydrogen-bond donors (Lipinski definition) is 1. The summed E-state index contributed by atoms with van der Waals surface area (Å²) in [5.41, 5.74) is 5.71. The van der Waals surface area contributed by atoms with Crippen LogP contribution in [0.3, 0.4) is 0 Å². The predicted octanol–water partition coefficient (Wildman–Crippen LogP) is 1.23. The van der Waals surface area contributed by atoms with Crippen molar-refractivity contribution in [1.82, 2.24) is 9.47 Å². The number of nitro groups is 1. The maximum atomic E-state index is 12.2. The summed E-state index contributed by atoms with van der Waals surface area (Å²) in [4.78, 5) is 24.1. The zero-order valence-corrected chi connectivity index (χ0v) is 11.3. The molecule has 0 bridgehead atoms. The standard InChI is InChI=1S/C12H20N4O3/c1-3-6-15-9-10(16(18)19)8-11(15)12(17)14(2)7-4-5-13/h8-9H,3-7,13H2,1-2H3. The van der Waals surface area contributed by atoms with Crippen molar-refractivity contribution < 1.29 is 9.72 Å². The summed E-state index contributed by atoms with van der Waals surface area (Å²) >= 11 is 0. The Balaban J connectivity index is 2.96. The number of carbonyl (C=O) groups excluding carboxylic acids is 1. The minimum absolute atomic E-state index is 0.0518. The molecule has 1 aromatic rings. The number of rotatable bonds is 7. The number of amides is 1. The largest absolute Gasteiger partial charge is 0.340 e. The van der Waals surface area contributed by atoms with Crippen LogP contribution in [0.4, 0.5) is 5.69 Å². The van der Waals surface area contributed by atoms with Crippen LogP contribution >= 0.6 is 0 Å². The number of aryl methyl sites for hydroxylation is 1. The summed E-state index contributed by atoms with van der Waals surface area (Å²) in [7, 11) is 1.67. The number of nitrogens with two attached hydrogens (primary N) is 1. The average molecular weight is 268 g/mol. The third kappa shape index (κ3) is 3.78. The molecule has 106 valence electrons. The third-order valence-electron chi connectivity index (χ3n) is 2.82. The number of carbonyl (C=O) groups is 1. The number of aromatic nitrogens is 1. The lowest BCUT2D eigenvalue weighted by atomic mass is 10.3. The summed E-state index contributed by atoms with van der Waals surface area (Å²) in [6.07, 6.45) is 2.92. The normalized spacial score (nSPS) is 10.5. The van der Waals surface area contributed by atoms with E-state index in [4.69, 9.17) is 5.73 Å². The summed E-state index contributed by atoms with van der Waals surface area (Å²) in [6.45, 7) is 3.59. The van der Waals surface area contributed by atoms with Gasteiger partial charge in [-0.25, -0.2) is 0 Å². The van der Waals surface area contributed by atoms with Crippen molar-refractivity contribution in [2.24, 2.45) is 5.73 Å². The second kappa shape index (κ2) is 6.89. The lowest BCUT2D eigenvalue weighted by Crippen LogP contribution is -2.30. The molecular formula is C12H20N4O3. The lowest BCUT2D eigenvalue weighted by Gasteiger charge is -2.17. The molecule has 0 radical (unpaired) electrons. The van der Waals surface area contributed by atoms with Crippen molar-refractivity contribution in [3.63, 3.8) is 0 Å². The zero-order valence-electron chi connectivity index (χ0n) is 11.3. The van der Waals surface area contributed by atoms with E-state index in [-0.39, 0.29) is 11.6 Å². The minimum Gasteiger partial charge on any atom is -0.340 e. The van der Waals surface area contributed by atoms with Crippen molar-refractivity contribution in [3.05, 3.63) is 28.1 Å². The molecule has 0 fully saturated rings. The van der Waals surface area contributed by atoms with E-state index < -0.39 is 4.92 Å². The molecule has 0 aromatic carbocycles. The van der Waals surface area contributed by atoms with E-state index in [1.807, 2.05) is 6.92 Å². The van der Waals surface area contributed by atoms with E-state index in [1.165, 1.54) is 17.2 Å². The fraction of sp³-hybridized carbons (Fsp3) is 0.583. The molecule has 19 heavy (non-hydrogen) atoms. The van der Waals surface area contributed by atoms with Crippen LogP contribution in [0.25, 0.3) is 0 Å². The van der Waals surface area contributed by atoms with Gasteiger partial charge in [0.05, 0.1) is 11.1 Å². The first kappa shape index (κ1) is 15.2. The van der Waals surface area contributed by atoms with Crippen molar-refractivity contribution in [3.8, 4) is 0 Å². The van der Waals surface area contributed by atoms with Gasteiger partial charge in [-0.1, -0.05) is 6.92 Å². The SMILES string of the molecule is CCCn1cc([N+](=O)[O-])cc1C(=O)N(C)CCCN. The molecule has 0 saturated carbocycles. The van der Waals surface area contributed by atoms with Crippen molar-refractivity contribution in [1.29, 1.82) is 0 Å². The second-order valence-electron chi connectivity index (χ2n) is 4.40. The van der Waals surface area contributed by atoms with Gasteiger partial charge in [0, 0.05) is 26.2 Å². The Morgan fingerprint density at radius 1 is 1.58 bits per heavy atom. The van der Waals surface area contributed by atoms with Gasteiger partial charge < -0.3 is 15.2 Å². The van der Waals surface area contributed by atoms with Gasteiger partial charge in [-0.3, -0.25) is 14.9 Å². The molecule has 1 rings (SSSR count). The molecule has 0 saturated heterocycles. The van der Waals surface area contributed by atoms with Crippen molar-refractivity contribution in [2.45, 2.75) is 26.3 Å². The highest BCUT2D eigenvalue weighted by atomic mass is 16.6. The van der Waals surface area contributed by atoms with E-state index in [1.54, 1.807) is 11.6 Å². The highest BCUT2D eigenvalue weighted by Crippen LogP contribution is 2.18. The van der Waals surface area contributed by atoms with E-state index >= 15 is 0 Å². The smallest absolute Gasteiger partial charge is 0.287 e. The molecule has 1 amide bonds. The molecule has 2 N–H and O–H groups in total. The van der Waals surface area contributed by atoms with Crippen LogP contribution < -0.4 is 5.73 Å². The van der Waals surface area contributed by atoms with Gasteiger partial charge >= 0.3 is 0 Å². The minimum atomic E-state index is -0.483. The molecule has 0 spiro atoms. The van der Waals surface area contributed by atoms with Crippen LogP contribution in [0, 0.1) is 10.1 Å². The van der Waals surface area contributed by atoms with E-state index in [2.05, 4.69) is 0 Å². The van der Waals surface area contributed by atoms with Gasteiger partial charge in [-0.2, -0.15) is 0 Å². The van der Waals surface area contributed by atoms with Gasteiger partial charge in [-0.05, 0) is 19.4 Å². The molecule has 0 aliphatic carbocycles. The fourth-order valence-corrected chi connectivity index (χ4v) is 1.83. The van der Waals surface area contributed by atoms with Crippen LogP contribution in [0.15, 0.2) is 12.3 Å². The quantitative estimate of drug-likeness (QED) is 0.594. The Kier molecular flexibility index (Phi) is 5.50. The Labute approximate surface area is 112 Å². The summed E-state index contributed by atoms with van der Waals surface area (Å²) in [6, 6.07) is 1.33. The molecule has 0 aliphatic rings. The number of hydrogen-bond acceptors (Lipinski definition) is 4. The van der Waals surface area contributed by atoms with E-state index in [0.717, 1.165) is 6.42 Å². The van der Waals surface area contributed by atoms with Gasteiger partial charge in [-0.15, -0.1) is 0 Å². The Morgan fingerprint density at radius 2 is 2.26 bits per heavy atom. The monoisotopic (exact) mass is 268 g/mol. The van der Waals surface area contributed by atoms with Crippen LogP contribution in [-0.2, 0) is 6.54 Å². The fourth-order valence-electron chi connectivity index (χ4n) is 1.83. The Morgan fingerprint density at radius 3 is 2.79 bits per heavy atom. The first-order chi connectivity index (χ1) is 9.01. The highest BCUT2D eigenvalue weighted by Gasteiger charge is 2.21. The molecule has 7 heteroatoms. The number of nitrogens with zero attached hydrogens (tertiary/aromatic N) is 3. The molecule has 1 aromatic heterocycles.